The number of alkyl halides is 2. The predicted molar refractivity (Wildman–Crippen MR) is 83.7 cm³/mol. The number of nitrogens with zero attached hydrogens (tertiary/aromatic N) is 1. The van der Waals surface area contributed by atoms with E-state index < -0.39 is 23.2 Å². The van der Waals surface area contributed by atoms with Gasteiger partial charge in [-0.1, -0.05) is 24.3 Å². The highest BCUT2D eigenvalue weighted by Gasteiger charge is 2.85. The third-order valence-corrected chi connectivity index (χ3v) is 6.51. The fourth-order valence-corrected chi connectivity index (χ4v) is 5.29. The average molecular weight is 329 g/mol. The van der Waals surface area contributed by atoms with Crippen LogP contribution in [-0.4, -0.2) is 23.5 Å². The lowest BCUT2D eigenvalue weighted by atomic mass is 9.78. The zero-order valence-corrected chi connectivity index (χ0v) is 13.0. The fraction of sp³-hybridized carbons (Fsp3) is 0.474. The lowest BCUT2D eigenvalue weighted by Crippen LogP contribution is -2.42. The molecule has 4 bridgehead atoms. The zero-order valence-electron chi connectivity index (χ0n) is 13.0. The fourth-order valence-electron chi connectivity index (χ4n) is 5.29. The molecule has 124 valence electrons. The average Bonchev–Trinajstić information content (AvgIpc) is 3.22. The largest absolute Gasteiger partial charge is 0.460 e. The summed E-state index contributed by atoms with van der Waals surface area (Å²) in [5, 5.41) is 1.57. The van der Waals surface area contributed by atoms with Crippen LogP contribution in [0.4, 0.5) is 8.78 Å². The van der Waals surface area contributed by atoms with Gasteiger partial charge in [-0.2, -0.15) is 0 Å². The Morgan fingerprint density at radius 1 is 1.21 bits per heavy atom. The van der Waals surface area contributed by atoms with Crippen molar-refractivity contribution < 1.29 is 18.3 Å². The summed E-state index contributed by atoms with van der Waals surface area (Å²) in [6, 6.07) is 9.18. The highest BCUT2D eigenvalue weighted by Crippen LogP contribution is 2.81. The summed E-state index contributed by atoms with van der Waals surface area (Å²) in [6.07, 6.45) is 3.58. The molecule has 24 heavy (non-hydrogen) atoms. The Bertz CT molecular complexity index is 841. The normalized spacial score (nSPS) is 35.0. The van der Waals surface area contributed by atoms with E-state index in [4.69, 9.17) is 4.74 Å². The van der Waals surface area contributed by atoms with Crippen LogP contribution in [-0.2, 0) is 4.74 Å². The van der Waals surface area contributed by atoms with Gasteiger partial charge in [-0.25, -0.2) is 18.6 Å². The molecule has 6 rings (SSSR count). The molecule has 4 unspecified atom stereocenters. The first-order chi connectivity index (χ1) is 11.6. The molecule has 0 amide bonds. The smallest absolute Gasteiger partial charge is 0.357 e. The summed E-state index contributed by atoms with van der Waals surface area (Å²) in [4.78, 5) is 16.6. The molecule has 4 saturated carbocycles. The summed E-state index contributed by atoms with van der Waals surface area (Å²) < 4.78 is 34.6. The second-order valence-electron chi connectivity index (χ2n) is 7.34. The van der Waals surface area contributed by atoms with Crippen molar-refractivity contribution in [2.45, 2.75) is 25.2 Å². The molecule has 1 heterocycles. The number of esters is 1. The van der Waals surface area contributed by atoms with Gasteiger partial charge in [0.15, 0.2) is 5.69 Å². The molecule has 2 aromatic rings. The van der Waals surface area contributed by atoms with Gasteiger partial charge < -0.3 is 4.74 Å². The molecular formula is C19H17F2NO2. The standard InChI is InChI=1S/C19H17F2NO2/c20-19(21)12-5-6-14-15(9-12)18(14,19)10-24-17(23)16-13-4-2-1-3-11(13)7-8-22-16/h1-4,7-8,12,14-15H,5-6,9-10H2. The van der Waals surface area contributed by atoms with E-state index in [0.717, 1.165) is 11.8 Å². The minimum absolute atomic E-state index is 0.0192. The number of rotatable bonds is 3. The number of carbonyl (C=O) groups is 1. The first kappa shape index (κ1) is 14.3. The van der Waals surface area contributed by atoms with Gasteiger partial charge >= 0.3 is 5.97 Å². The number of carbonyl (C=O) groups excluding carboxylic acids is 1. The number of benzene rings is 1. The summed E-state index contributed by atoms with van der Waals surface area (Å²) in [6.45, 7) is -0.185. The molecule has 4 aliphatic rings. The van der Waals surface area contributed by atoms with Gasteiger partial charge in [0.1, 0.15) is 6.61 Å². The molecule has 0 spiro atoms. The van der Waals surface area contributed by atoms with Gasteiger partial charge in [0.05, 0.1) is 5.41 Å². The topological polar surface area (TPSA) is 39.2 Å². The predicted octanol–water partition coefficient (Wildman–Crippen LogP) is 4.07. The molecule has 0 N–H and O–H groups in total. The van der Waals surface area contributed by atoms with Crippen LogP contribution in [0.5, 0.6) is 0 Å². The van der Waals surface area contributed by atoms with E-state index >= 15 is 0 Å². The van der Waals surface area contributed by atoms with Crippen molar-refractivity contribution in [2.75, 3.05) is 6.61 Å². The zero-order chi connectivity index (χ0) is 16.5. The Labute approximate surface area is 138 Å². The van der Waals surface area contributed by atoms with Crippen LogP contribution in [0.2, 0.25) is 0 Å². The number of fused-ring (bicyclic) bond motifs is 2. The lowest BCUT2D eigenvalue weighted by Gasteiger charge is -2.35. The van der Waals surface area contributed by atoms with E-state index in [-0.39, 0.29) is 24.1 Å². The van der Waals surface area contributed by atoms with Crippen molar-refractivity contribution in [2.24, 2.45) is 23.2 Å². The Morgan fingerprint density at radius 3 is 2.79 bits per heavy atom. The maximum Gasteiger partial charge on any atom is 0.357 e. The van der Waals surface area contributed by atoms with Crippen LogP contribution in [0.25, 0.3) is 10.8 Å². The van der Waals surface area contributed by atoms with Gasteiger partial charge in [-0.15, -0.1) is 0 Å². The molecule has 0 aliphatic heterocycles. The number of pyridine rings is 1. The molecule has 0 saturated heterocycles. The summed E-state index contributed by atoms with van der Waals surface area (Å²) in [5.41, 5.74) is -0.899. The van der Waals surface area contributed by atoms with Gasteiger partial charge in [-0.3, -0.25) is 0 Å². The van der Waals surface area contributed by atoms with E-state index in [2.05, 4.69) is 4.98 Å². The maximum atomic E-state index is 14.6. The molecule has 1 aromatic carbocycles. The van der Waals surface area contributed by atoms with E-state index in [0.29, 0.717) is 18.2 Å². The maximum absolute atomic E-state index is 14.6. The van der Waals surface area contributed by atoms with Crippen molar-refractivity contribution in [1.82, 2.24) is 4.98 Å². The second kappa shape index (κ2) is 4.52. The van der Waals surface area contributed by atoms with Crippen LogP contribution < -0.4 is 0 Å². The SMILES string of the molecule is O=C(OCC12C3CCC(CC31)C2(F)F)c1nccc2ccccc12. The molecule has 1 aromatic heterocycles. The van der Waals surface area contributed by atoms with Crippen LogP contribution in [0.15, 0.2) is 36.5 Å². The van der Waals surface area contributed by atoms with Crippen LogP contribution in [0.3, 0.4) is 0 Å². The van der Waals surface area contributed by atoms with Gasteiger partial charge in [-0.05, 0) is 42.6 Å². The number of halogens is 2. The third kappa shape index (κ3) is 1.60. The molecule has 5 heteroatoms. The summed E-state index contributed by atoms with van der Waals surface area (Å²) >= 11 is 0. The number of hydrogen-bond acceptors (Lipinski definition) is 3. The van der Waals surface area contributed by atoms with Crippen molar-refractivity contribution >= 4 is 16.7 Å². The van der Waals surface area contributed by atoms with Crippen molar-refractivity contribution in [3.05, 3.63) is 42.2 Å². The van der Waals surface area contributed by atoms with Crippen LogP contribution >= 0.6 is 0 Å². The first-order valence-electron chi connectivity index (χ1n) is 8.44. The van der Waals surface area contributed by atoms with E-state index in [1.807, 2.05) is 24.3 Å². The van der Waals surface area contributed by atoms with Gasteiger partial charge in [0, 0.05) is 17.5 Å². The van der Waals surface area contributed by atoms with Gasteiger partial charge in [0.25, 0.3) is 5.92 Å². The van der Waals surface area contributed by atoms with Crippen LogP contribution in [0.1, 0.15) is 29.8 Å². The molecular weight excluding hydrogens is 312 g/mol. The second-order valence-corrected chi connectivity index (χ2v) is 7.34. The van der Waals surface area contributed by atoms with Gasteiger partial charge in [0.2, 0.25) is 0 Å². The van der Waals surface area contributed by atoms with Crippen molar-refractivity contribution in [3.8, 4) is 0 Å². The van der Waals surface area contributed by atoms with E-state index in [1.165, 1.54) is 0 Å². The molecule has 4 atom stereocenters. The Kier molecular flexibility index (Phi) is 2.70. The highest BCUT2D eigenvalue weighted by atomic mass is 19.3. The number of aromatic nitrogens is 1. The molecule has 4 aliphatic carbocycles. The summed E-state index contributed by atoms with van der Waals surface area (Å²) in [5.74, 6) is -3.79. The quantitative estimate of drug-likeness (QED) is 0.797. The third-order valence-electron chi connectivity index (χ3n) is 6.51. The minimum atomic E-state index is -2.70. The summed E-state index contributed by atoms with van der Waals surface area (Å²) in [7, 11) is 0. The molecule has 4 fully saturated rings. The Hall–Kier alpha value is -2.04. The van der Waals surface area contributed by atoms with E-state index in [9.17, 15) is 13.6 Å². The first-order valence-corrected chi connectivity index (χ1v) is 8.44. The van der Waals surface area contributed by atoms with Crippen molar-refractivity contribution in [3.63, 3.8) is 0 Å². The Morgan fingerprint density at radius 2 is 2.04 bits per heavy atom. The Balaban J connectivity index is 1.40. The number of hydrogen-bond donors (Lipinski definition) is 0. The minimum Gasteiger partial charge on any atom is -0.460 e. The highest BCUT2D eigenvalue weighted by molar-refractivity contribution is 6.02. The monoisotopic (exact) mass is 329 g/mol. The molecule has 3 nitrogen and oxygen atoms in total. The van der Waals surface area contributed by atoms with Crippen molar-refractivity contribution in [1.29, 1.82) is 0 Å². The van der Waals surface area contributed by atoms with Crippen LogP contribution in [0, 0.1) is 23.2 Å². The van der Waals surface area contributed by atoms with E-state index in [1.54, 1.807) is 12.3 Å². The number of ether oxygens (including phenoxy) is 1. The molecule has 0 radical (unpaired) electrons. The lowest BCUT2D eigenvalue weighted by molar-refractivity contribution is -0.142.